The molecule has 0 saturated carbocycles. The third-order valence-corrected chi connectivity index (χ3v) is 6.30. The Morgan fingerprint density at radius 3 is 2.41 bits per heavy atom. The van der Waals surface area contributed by atoms with Gasteiger partial charge in [0.15, 0.2) is 6.04 Å². The number of nitrogens with zero attached hydrogens (tertiary/aromatic N) is 1. The molecule has 0 fully saturated rings. The molecule has 0 aliphatic rings. The van der Waals surface area contributed by atoms with Crippen LogP contribution < -0.4 is 10.1 Å². The molecular weight excluding hydrogens is 448 g/mol. The minimum Gasteiger partial charge on any atom is -0.497 e. The van der Waals surface area contributed by atoms with Gasteiger partial charge < -0.3 is 19.4 Å². The molecule has 2 aromatic carbocycles. The van der Waals surface area contributed by atoms with Crippen molar-refractivity contribution in [3.05, 3.63) is 112 Å². The average molecular weight is 475 g/mol. The summed E-state index contributed by atoms with van der Waals surface area (Å²) in [6, 6.07) is 23.5. The number of benzene rings is 2. The molecule has 34 heavy (non-hydrogen) atoms. The van der Waals surface area contributed by atoms with Crippen LogP contribution in [0.5, 0.6) is 5.75 Å². The van der Waals surface area contributed by atoms with E-state index in [1.807, 2.05) is 72.1 Å². The van der Waals surface area contributed by atoms with Crippen LogP contribution >= 0.6 is 11.3 Å². The van der Waals surface area contributed by atoms with Crippen molar-refractivity contribution in [2.45, 2.75) is 25.6 Å². The molecule has 0 unspecified atom stereocenters. The molecule has 1 N–H and O–H groups in total. The van der Waals surface area contributed by atoms with Crippen LogP contribution in [-0.2, 0) is 29.1 Å². The zero-order valence-electron chi connectivity index (χ0n) is 18.8. The summed E-state index contributed by atoms with van der Waals surface area (Å²) in [4.78, 5) is 29.5. The Balaban J connectivity index is 1.59. The minimum atomic E-state index is -0.902. The topological polar surface area (TPSA) is 71.8 Å². The van der Waals surface area contributed by atoms with Crippen LogP contribution in [-0.4, -0.2) is 23.8 Å². The van der Waals surface area contributed by atoms with Gasteiger partial charge in [-0.1, -0.05) is 48.5 Å². The number of carbonyl (C=O) groups is 2. The lowest BCUT2D eigenvalue weighted by molar-refractivity contribution is -0.141. The Morgan fingerprint density at radius 1 is 0.971 bits per heavy atom. The van der Waals surface area contributed by atoms with Crippen molar-refractivity contribution in [1.82, 2.24) is 10.2 Å². The summed E-state index contributed by atoms with van der Waals surface area (Å²) in [5, 5.41) is 4.91. The fourth-order valence-electron chi connectivity index (χ4n) is 3.67. The molecule has 0 radical (unpaired) electrons. The Kier molecular flexibility index (Phi) is 7.78. The number of methoxy groups -OCH3 is 1. The van der Waals surface area contributed by atoms with Crippen molar-refractivity contribution in [2.75, 3.05) is 7.11 Å². The fourth-order valence-corrected chi connectivity index (χ4v) is 4.36. The quantitative estimate of drug-likeness (QED) is 0.352. The normalized spacial score (nSPS) is 11.6. The highest BCUT2D eigenvalue weighted by Crippen LogP contribution is 2.26. The maximum absolute atomic E-state index is 13.5. The molecule has 0 aliphatic carbocycles. The Morgan fingerprint density at radius 2 is 1.76 bits per heavy atom. The molecule has 2 heterocycles. The van der Waals surface area contributed by atoms with Crippen molar-refractivity contribution >= 4 is 23.2 Å². The summed E-state index contributed by atoms with van der Waals surface area (Å²) < 4.78 is 10.8. The lowest BCUT2D eigenvalue weighted by Gasteiger charge is -2.30. The SMILES string of the molecule is COc1ccc(CNC(=O)[C@@H](c2ccco2)N(Cc2ccccc2)C(=O)Cc2cccs2)cc1. The number of ether oxygens (including phenoxy) is 1. The van der Waals surface area contributed by atoms with Gasteiger partial charge in [-0.15, -0.1) is 11.3 Å². The summed E-state index contributed by atoms with van der Waals surface area (Å²) in [7, 11) is 1.61. The van der Waals surface area contributed by atoms with Crippen molar-refractivity contribution in [3.63, 3.8) is 0 Å². The van der Waals surface area contributed by atoms with Gasteiger partial charge in [0.05, 0.1) is 19.8 Å². The summed E-state index contributed by atoms with van der Waals surface area (Å²) in [6.07, 6.45) is 1.73. The monoisotopic (exact) mass is 474 g/mol. The van der Waals surface area contributed by atoms with Crippen LogP contribution in [0, 0.1) is 0 Å². The van der Waals surface area contributed by atoms with E-state index in [-0.39, 0.29) is 24.8 Å². The van der Waals surface area contributed by atoms with Crippen molar-refractivity contribution < 1.29 is 18.7 Å². The standard InChI is InChI=1S/C27H26N2O4S/c1-32-22-13-11-20(12-14-22)18-28-27(31)26(24-10-5-15-33-24)29(19-21-7-3-2-4-8-21)25(30)17-23-9-6-16-34-23/h2-16,26H,17-19H2,1H3,(H,28,31)/t26-/m1/s1. The van der Waals surface area contributed by atoms with Gasteiger partial charge in [-0.05, 0) is 46.8 Å². The first-order valence-electron chi connectivity index (χ1n) is 10.9. The Bertz CT molecular complexity index is 1170. The summed E-state index contributed by atoms with van der Waals surface area (Å²) in [5.41, 5.74) is 1.86. The first kappa shape index (κ1) is 23.3. The van der Waals surface area contributed by atoms with E-state index in [0.717, 1.165) is 21.8 Å². The molecule has 0 bridgehead atoms. The van der Waals surface area contributed by atoms with Crippen LogP contribution in [0.25, 0.3) is 0 Å². The van der Waals surface area contributed by atoms with Crippen molar-refractivity contribution in [2.24, 2.45) is 0 Å². The first-order valence-corrected chi connectivity index (χ1v) is 11.8. The average Bonchev–Trinajstić information content (AvgIpc) is 3.58. The second kappa shape index (κ2) is 11.3. The van der Waals surface area contributed by atoms with Crippen LogP contribution in [0.15, 0.2) is 94.9 Å². The number of furan rings is 1. The molecule has 0 saturated heterocycles. The van der Waals surface area contributed by atoms with Gasteiger partial charge in [0.2, 0.25) is 5.91 Å². The summed E-state index contributed by atoms with van der Waals surface area (Å²) in [5.74, 6) is 0.716. The zero-order chi connectivity index (χ0) is 23.8. The van der Waals surface area contributed by atoms with E-state index < -0.39 is 6.04 Å². The maximum atomic E-state index is 13.5. The number of hydrogen-bond donors (Lipinski definition) is 1. The number of hydrogen-bond acceptors (Lipinski definition) is 5. The Labute approximate surface area is 202 Å². The molecule has 1 atom stereocenters. The van der Waals surface area contributed by atoms with E-state index in [9.17, 15) is 9.59 Å². The number of nitrogens with one attached hydrogen (secondary N) is 1. The van der Waals surface area contributed by atoms with Gasteiger partial charge in [-0.25, -0.2) is 0 Å². The predicted molar refractivity (Wildman–Crippen MR) is 131 cm³/mol. The lowest BCUT2D eigenvalue weighted by Crippen LogP contribution is -2.43. The highest BCUT2D eigenvalue weighted by Gasteiger charge is 2.33. The number of carbonyl (C=O) groups excluding carboxylic acids is 2. The van der Waals surface area contributed by atoms with E-state index in [1.165, 1.54) is 17.6 Å². The highest BCUT2D eigenvalue weighted by molar-refractivity contribution is 7.10. The largest absolute Gasteiger partial charge is 0.497 e. The molecule has 2 aromatic heterocycles. The van der Waals surface area contributed by atoms with Crippen molar-refractivity contribution in [3.8, 4) is 5.75 Å². The third-order valence-electron chi connectivity index (χ3n) is 5.42. The summed E-state index contributed by atoms with van der Waals surface area (Å²) in [6.45, 7) is 0.602. The van der Waals surface area contributed by atoms with Gasteiger partial charge in [-0.2, -0.15) is 0 Å². The van der Waals surface area contributed by atoms with Gasteiger partial charge >= 0.3 is 0 Å². The van der Waals surface area contributed by atoms with Crippen LogP contribution in [0.3, 0.4) is 0 Å². The molecule has 4 aromatic rings. The predicted octanol–water partition coefficient (Wildman–Crippen LogP) is 4.98. The van der Waals surface area contributed by atoms with E-state index in [1.54, 1.807) is 24.1 Å². The smallest absolute Gasteiger partial charge is 0.251 e. The maximum Gasteiger partial charge on any atom is 0.251 e. The first-order chi connectivity index (χ1) is 16.6. The van der Waals surface area contributed by atoms with Gasteiger partial charge in [0, 0.05) is 18.0 Å². The molecule has 2 amide bonds. The second-order valence-electron chi connectivity index (χ2n) is 7.75. The van der Waals surface area contributed by atoms with Crippen LogP contribution in [0.2, 0.25) is 0 Å². The number of rotatable bonds is 10. The molecule has 6 nitrogen and oxygen atoms in total. The van der Waals surface area contributed by atoms with E-state index >= 15 is 0 Å². The van der Waals surface area contributed by atoms with E-state index in [2.05, 4.69) is 5.32 Å². The van der Waals surface area contributed by atoms with Gasteiger partial charge in [0.1, 0.15) is 11.5 Å². The third kappa shape index (κ3) is 5.94. The van der Waals surface area contributed by atoms with Crippen LogP contribution in [0.1, 0.15) is 27.8 Å². The van der Waals surface area contributed by atoms with Crippen molar-refractivity contribution in [1.29, 1.82) is 0 Å². The van der Waals surface area contributed by atoms with Gasteiger partial charge in [-0.3, -0.25) is 9.59 Å². The molecule has 174 valence electrons. The molecule has 0 spiro atoms. The minimum absolute atomic E-state index is 0.146. The molecule has 4 rings (SSSR count). The summed E-state index contributed by atoms with van der Waals surface area (Å²) >= 11 is 1.52. The number of amides is 2. The Hall–Kier alpha value is -3.84. The highest BCUT2D eigenvalue weighted by atomic mass is 32.1. The molecular formula is C27H26N2O4S. The number of thiophene rings is 1. The second-order valence-corrected chi connectivity index (χ2v) is 8.78. The zero-order valence-corrected chi connectivity index (χ0v) is 19.7. The van der Waals surface area contributed by atoms with E-state index in [0.29, 0.717) is 12.3 Å². The molecule has 0 aliphatic heterocycles. The van der Waals surface area contributed by atoms with Gasteiger partial charge in [0.25, 0.3) is 5.91 Å². The fraction of sp³-hybridized carbons (Fsp3) is 0.185. The van der Waals surface area contributed by atoms with Crippen LogP contribution in [0.4, 0.5) is 0 Å². The lowest BCUT2D eigenvalue weighted by atomic mass is 10.1. The van der Waals surface area contributed by atoms with E-state index in [4.69, 9.17) is 9.15 Å². The molecule has 7 heteroatoms.